The van der Waals surface area contributed by atoms with Gasteiger partial charge in [-0.05, 0) is 16.7 Å². The zero-order valence-electron chi connectivity index (χ0n) is 16.6. The molecule has 3 atom stereocenters. The highest BCUT2D eigenvalue weighted by atomic mass is 16.5. The van der Waals surface area contributed by atoms with Crippen molar-refractivity contribution in [3.63, 3.8) is 0 Å². The zero-order chi connectivity index (χ0) is 20.1. The van der Waals surface area contributed by atoms with Gasteiger partial charge in [-0.1, -0.05) is 54.6 Å². The molecule has 0 unspecified atom stereocenters. The Bertz CT molecular complexity index is 791. The molecule has 2 heterocycles. The maximum absolute atomic E-state index is 12.3. The van der Waals surface area contributed by atoms with E-state index in [-0.39, 0.29) is 30.5 Å². The van der Waals surface area contributed by atoms with E-state index in [2.05, 4.69) is 51.9 Å². The SMILES string of the molecule is O=C(CN1CCOCC1)NC[C@@H]1N[C@@H](CO)[C@@H]1c1ccc(-c2ccccc2)cc1. The monoisotopic (exact) mass is 395 g/mol. The molecule has 2 aliphatic rings. The number of nitrogens with zero attached hydrogens (tertiary/aromatic N) is 1. The third kappa shape index (κ3) is 4.85. The Morgan fingerprint density at radius 2 is 1.72 bits per heavy atom. The van der Waals surface area contributed by atoms with Crippen LogP contribution in [0.25, 0.3) is 11.1 Å². The molecule has 1 amide bonds. The second-order valence-corrected chi connectivity index (χ2v) is 7.77. The molecule has 2 fully saturated rings. The van der Waals surface area contributed by atoms with Gasteiger partial charge >= 0.3 is 0 Å². The van der Waals surface area contributed by atoms with Gasteiger partial charge in [0.15, 0.2) is 0 Å². The molecule has 3 N–H and O–H groups in total. The van der Waals surface area contributed by atoms with Gasteiger partial charge in [0, 0.05) is 37.6 Å². The summed E-state index contributed by atoms with van der Waals surface area (Å²) in [6.45, 7) is 4.05. The summed E-state index contributed by atoms with van der Waals surface area (Å²) in [5.74, 6) is 0.229. The molecule has 2 aromatic carbocycles. The number of carbonyl (C=O) groups excluding carboxylic acids is 1. The number of nitrogens with one attached hydrogen (secondary N) is 2. The molecule has 154 valence electrons. The summed E-state index contributed by atoms with van der Waals surface area (Å²) in [4.78, 5) is 14.4. The van der Waals surface area contributed by atoms with Gasteiger partial charge in [-0.15, -0.1) is 0 Å². The summed E-state index contributed by atoms with van der Waals surface area (Å²) in [6.07, 6.45) is 0. The molecule has 6 heteroatoms. The predicted molar refractivity (Wildman–Crippen MR) is 113 cm³/mol. The van der Waals surface area contributed by atoms with E-state index in [0.29, 0.717) is 26.3 Å². The Kier molecular flexibility index (Phi) is 6.56. The fourth-order valence-electron chi connectivity index (χ4n) is 4.23. The first kappa shape index (κ1) is 20.0. The van der Waals surface area contributed by atoms with E-state index < -0.39 is 0 Å². The minimum Gasteiger partial charge on any atom is -0.395 e. The quantitative estimate of drug-likeness (QED) is 0.657. The Labute approximate surface area is 171 Å². The van der Waals surface area contributed by atoms with Gasteiger partial charge < -0.3 is 20.5 Å². The summed E-state index contributed by atoms with van der Waals surface area (Å²) < 4.78 is 5.32. The lowest BCUT2D eigenvalue weighted by Crippen LogP contribution is -2.65. The number of hydrogen-bond acceptors (Lipinski definition) is 5. The molecule has 0 aliphatic carbocycles. The van der Waals surface area contributed by atoms with Gasteiger partial charge in [-0.25, -0.2) is 0 Å². The molecule has 0 radical (unpaired) electrons. The number of aliphatic hydroxyl groups is 1. The van der Waals surface area contributed by atoms with Gasteiger partial charge in [0.2, 0.25) is 5.91 Å². The maximum Gasteiger partial charge on any atom is 0.234 e. The third-order valence-corrected chi connectivity index (χ3v) is 5.88. The van der Waals surface area contributed by atoms with Gasteiger partial charge in [-0.3, -0.25) is 9.69 Å². The molecule has 29 heavy (non-hydrogen) atoms. The van der Waals surface area contributed by atoms with Crippen LogP contribution < -0.4 is 10.6 Å². The Balaban J connectivity index is 1.34. The van der Waals surface area contributed by atoms with Crippen LogP contribution in [0.1, 0.15) is 11.5 Å². The first-order chi connectivity index (χ1) is 14.2. The van der Waals surface area contributed by atoms with Crippen LogP contribution in [0.4, 0.5) is 0 Å². The lowest BCUT2D eigenvalue weighted by molar-refractivity contribution is -0.123. The van der Waals surface area contributed by atoms with E-state index in [1.807, 2.05) is 18.2 Å². The molecule has 0 bridgehead atoms. The molecular weight excluding hydrogens is 366 g/mol. The average molecular weight is 396 g/mol. The van der Waals surface area contributed by atoms with Crippen molar-refractivity contribution >= 4 is 5.91 Å². The number of aliphatic hydroxyl groups excluding tert-OH is 1. The smallest absolute Gasteiger partial charge is 0.234 e. The van der Waals surface area contributed by atoms with E-state index in [9.17, 15) is 9.90 Å². The largest absolute Gasteiger partial charge is 0.395 e. The van der Waals surface area contributed by atoms with Crippen molar-refractivity contribution in [1.82, 2.24) is 15.5 Å². The number of carbonyl (C=O) groups is 1. The number of morpholine rings is 1. The Morgan fingerprint density at radius 1 is 1.03 bits per heavy atom. The van der Waals surface area contributed by atoms with Crippen LogP contribution in [0, 0.1) is 0 Å². The number of benzene rings is 2. The topological polar surface area (TPSA) is 73.8 Å². The minimum absolute atomic E-state index is 0.0266. The van der Waals surface area contributed by atoms with Crippen molar-refractivity contribution in [3.05, 3.63) is 60.2 Å². The first-order valence-corrected chi connectivity index (χ1v) is 10.3. The van der Waals surface area contributed by atoms with E-state index in [0.717, 1.165) is 13.1 Å². The van der Waals surface area contributed by atoms with E-state index in [1.54, 1.807) is 0 Å². The number of ether oxygens (including phenoxy) is 1. The molecule has 6 nitrogen and oxygen atoms in total. The molecule has 2 aliphatic heterocycles. The molecule has 4 rings (SSSR count). The second-order valence-electron chi connectivity index (χ2n) is 7.77. The third-order valence-electron chi connectivity index (χ3n) is 5.88. The predicted octanol–water partition coefficient (Wildman–Crippen LogP) is 1.22. The van der Waals surface area contributed by atoms with Crippen molar-refractivity contribution in [2.24, 2.45) is 0 Å². The van der Waals surface area contributed by atoms with Gasteiger partial charge in [-0.2, -0.15) is 0 Å². The normalized spacial score (nSPS) is 24.7. The van der Waals surface area contributed by atoms with Gasteiger partial charge in [0.1, 0.15) is 0 Å². The van der Waals surface area contributed by atoms with E-state index >= 15 is 0 Å². The second kappa shape index (κ2) is 9.50. The molecule has 0 saturated carbocycles. The standard InChI is InChI=1S/C23H29N3O3/c27-16-21-23(19-8-6-18(7-9-19)17-4-2-1-3-5-17)20(25-21)14-24-22(28)15-26-10-12-29-13-11-26/h1-9,20-21,23,25,27H,10-16H2,(H,24,28)/t20-,21-,23+/m0/s1. The zero-order valence-corrected chi connectivity index (χ0v) is 16.6. The first-order valence-electron chi connectivity index (χ1n) is 10.3. The highest BCUT2D eigenvalue weighted by Gasteiger charge is 2.40. The molecule has 2 saturated heterocycles. The number of amides is 1. The molecular formula is C23H29N3O3. The highest BCUT2D eigenvalue weighted by Crippen LogP contribution is 2.33. The van der Waals surface area contributed by atoms with Crippen LogP contribution in [0.3, 0.4) is 0 Å². The van der Waals surface area contributed by atoms with Crippen molar-refractivity contribution in [3.8, 4) is 11.1 Å². The lowest BCUT2D eigenvalue weighted by Gasteiger charge is -2.46. The van der Waals surface area contributed by atoms with Crippen LogP contribution in [0.2, 0.25) is 0 Å². The highest BCUT2D eigenvalue weighted by molar-refractivity contribution is 5.78. The minimum atomic E-state index is 0.0266. The summed E-state index contributed by atoms with van der Waals surface area (Å²) >= 11 is 0. The van der Waals surface area contributed by atoms with Crippen LogP contribution in [0.15, 0.2) is 54.6 Å². The molecule has 0 spiro atoms. The fraction of sp³-hybridized carbons (Fsp3) is 0.435. The van der Waals surface area contributed by atoms with Crippen molar-refractivity contribution in [1.29, 1.82) is 0 Å². The summed E-state index contributed by atoms with van der Waals surface area (Å²) in [6, 6.07) is 19.0. The lowest BCUT2D eigenvalue weighted by atomic mass is 9.77. The van der Waals surface area contributed by atoms with Gasteiger partial charge in [0.05, 0.1) is 26.4 Å². The van der Waals surface area contributed by atoms with Gasteiger partial charge in [0.25, 0.3) is 0 Å². The maximum atomic E-state index is 12.3. The van der Waals surface area contributed by atoms with Crippen LogP contribution in [0.5, 0.6) is 0 Å². The summed E-state index contributed by atoms with van der Waals surface area (Å²) in [5, 5.41) is 16.1. The van der Waals surface area contributed by atoms with E-state index in [1.165, 1.54) is 16.7 Å². The number of hydrogen-bond donors (Lipinski definition) is 3. The molecule has 2 aromatic rings. The average Bonchev–Trinajstić information content (AvgIpc) is 2.75. The van der Waals surface area contributed by atoms with Crippen LogP contribution >= 0.6 is 0 Å². The Hall–Kier alpha value is -2.25. The number of rotatable bonds is 7. The Morgan fingerprint density at radius 3 is 2.41 bits per heavy atom. The van der Waals surface area contributed by atoms with E-state index in [4.69, 9.17) is 4.74 Å². The van der Waals surface area contributed by atoms with Crippen LogP contribution in [-0.4, -0.2) is 74.0 Å². The summed E-state index contributed by atoms with van der Waals surface area (Å²) in [5.41, 5.74) is 3.56. The van der Waals surface area contributed by atoms with Crippen LogP contribution in [-0.2, 0) is 9.53 Å². The molecule has 0 aromatic heterocycles. The van der Waals surface area contributed by atoms with Crippen molar-refractivity contribution in [2.45, 2.75) is 18.0 Å². The van der Waals surface area contributed by atoms with Crippen molar-refractivity contribution in [2.75, 3.05) is 46.0 Å². The fourth-order valence-corrected chi connectivity index (χ4v) is 4.23. The summed E-state index contributed by atoms with van der Waals surface area (Å²) in [7, 11) is 0. The van der Waals surface area contributed by atoms with Crippen molar-refractivity contribution < 1.29 is 14.6 Å².